The average molecular weight is 480 g/mol. The van der Waals surface area contributed by atoms with E-state index in [4.69, 9.17) is 4.74 Å². The Balaban J connectivity index is 1.41. The highest BCUT2D eigenvalue weighted by molar-refractivity contribution is 6.58. The van der Waals surface area contributed by atoms with Gasteiger partial charge in [-0.05, 0) is 67.0 Å². The summed E-state index contributed by atoms with van der Waals surface area (Å²) in [6.45, 7) is 0.345. The maximum atomic E-state index is 9.42. The molecule has 0 aliphatic carbocycles. The number of fused-ring (bicyclic) bond motifs is 2. The number of hydrogen-bond donors (Lipinski definition) is 2. The lowest BCUT2D eigenvalue weighted by Gasteiger charge is -2.18. The molecule has 3 nitrogen and oxygen atoms in total. The lowest BCUT2D eigenvalue weighted by atomic mass is 9.80. The first-order valence-electron chi connectivity index (χ1n) is 12.4. The van der Waals surface area contributed by atoms with Crippen molar-refractivity contribution in [3.63, 3.8) is 0 Å². The van der Waals surface area contributed by atoms with Gasteiger partial charge in [-0.15, -0.1) is 0 Å². The first-order valence-corrected chi connectivity index (χ1v) is 12.4. The van der Waals surface area contributed by atoms with Gasteiger partial charge in [0, 0.05) is 0 Å². The lowest BCUT2D eigenvalue weighted by molar-refractivity contribution is 0.306. The summed E-state index contributed by atoms with van der Waals surface area (Å²) in [6.07, 6.45) is 0. The van der Waals surface area contributed by atoms with Crippen molar-refractivity contribution in [1.29, 1.82) is 0 Å². The van der Waals surface area contributed by atoms with Crippen LogP contribution in [0.2, 0.25) is 0 Å². The molecule has 6 aromatic carbocycles. The van der Waals surface area contributed by atoms with Crippen molar-refractivity contribution < 1.29 is 14.8 Å². The molecule has 0 radical (unpaired) electrons. The topological polar surface area (TPSA) is 49.7 Å². The standard InChI is InChI=1S/C33H25BO3/c35-34(36)26-12-8-9-23(21-26)22-37-27-19-17-25(18-20-27)33-30-15-6-4-13-28(30)32(24-10-2-1-3-11-24)29-14-5-7-16-31(29)33/h1-21,35-36H,22H2. The van der Waals surface area contributed by atoms with Gasteiger partial charge in [0.05, 0.1) is 0 Å². The van der Waals surface area contributed by atoms with Crippen LogP contribution in [0.3, 0.4) is 0 Å². The second kappa shape index (κ2) is 9.94. The molecule has 0 heterocycles. The fourth-order valence-electron chi connectivity index (χ4n) is 5.08. The Morgan fingerprint density at radius 3 is 1.57 bits per heavy atom. The Labute approximate surface area is 216 Å². The second-order valence-electron chi connectivity index (χ2n) is 9.14. The molecule has 0 saturated carbocycles. The molecule has 0 unspecified atom stereocenters. The van der Waals surface area contributed by atoms with E-state index >= 15 is 0 Å². The summed E-state index contributed by atoms with van der Waals surface area (Å²) in [5.74, 6) is 0.758. The van der Waals surface area contributed by atoms with Crippen LogP contribution < -0.4 is 10.2 Å². The van der Waals surface area contributed by atoms with Gasteiger partial charge < -0.3 is 14.8 Å². The van der Waals surface area contributed by atoms with Crippen molar-refractivity contribution in [2.24, 2.45) is 0 Å². The average Bonchev–Trinajstić information content (AvgIpc) is 2.95. The Bertz CT molecular complexity index is 1640. The van der Waals surface area contributed by atoms with E-state index in [0.717, 1.165) is 16.9 Å². The third-order valence-electron chi connectivity index (χ3n) is 6.79. The van der Waals surface area contributed by atoms with Crippen LogP contribution in [-0.2, 0) is 6.61 Å². The van der Waals surface area contributed by atoms with Gasteiger partial charge in [0.25, 0.3) is 0 Å². The predicted molar refractivity (Wildman–Crippen MR) is 153 cm³/mol. The van der Waals surface area contributed by atoms with Gasteiger partial charge in [0.2, 0.25) is 0 Å². The molecule has 4 heteroatoms. The van der Waals surface area contributed by atoms with E-state index in [0.29, 0.717) is 12.1 Å². The highest BCUT2D eigenvalue weighted by atomic mass is 16.5. The van der Waals surface area contributed by atoms with Crippen molar-refractivity contribution >= 4 is 34.1 Å². The molecule has 6 aromatic rings. The zero-order valence-corrected chi connectivity index (χ0v) is 20.2. The first kappa shape index (κ1) is 23.0. The molecule has 0 amide bonds. The molecule has 0 aromatic heterocycles. The number of ether oxygens (including phenoxy) is 1. The summed E-state index contributed by atoms with van der Waals surface area (Å²) in [5, 5.41) is 23.7. The van der Waals surface area contributed by atoms with E-state index in [1.807, 2.05) is 18.2 Å². The maximum Gasteiger partial charge on any atom is 0.488 e. The van der Waals surface area contributed by atoms with Gasteiger partial charge in [-0.1, -0.05) is 115 Å². The van der Waals surface area contributed by atoms with E-state index < -0.39 is 7.12 Å². The second-order valence-corrected chi connectivity index (χ2v) is 9.14. The Kier molecular flexibility index (Phi) is 6.19. The minimum absolute atomic E-state index is 0.345. The largest absolute Gasteiger partial charge is 0.489 e. The molecule has 6 rings (SSSR count). The van der Waals surface area contributed by atoms with E-state index in [9.17, 15) is 10.0 Å². The molecular weight excluding hydrogens is 455 g/mol. The lowest BCUT2D eigenvalue weighted by Crippen LogP contribution is -2.29. The molecule has 0 saturated heterocycles. The highest BCUT2D eigenvalue weighted by Gasteiger charge is 2.16. The molecule has 0 spiro atoms. The monoisotopic (exact) mass is 480 g/mol. The molecule has 37 heavy (non-hydrogen) atoms. The van der Waals surface area contributed by atoms with E-state index in [1.165, 1.54) is 38.2 Å². The van der Waals surface area contributed by atoms with Crippen molar-refractivity contribution in [2.45, 2.75) is 6.61 Å². The van der Waals surface area contributed by atoms with E-state index in [-0.39, 0.29) is 0 Å². The van der Waals surface area contributed by atoms with Crippen molar-refractivity contribution in [2.75, 3.05) is 0 Å². The van der Waals surface area contributed by atoms with Crippen LogP contribution in [0.25, 0.3) is 43.8 Å². The summed E-state index contributed by atoms with van der Waals surface area (Å²) in [6, 6.07) is 43.2. The van der Waals surface area contributed by atoms with Gasteiger partial charge in [-0.25, -0.2) is 0 Å². The minimum atomic E-state index is -1.49. The van der Waals surface area contributed by atoms with Crippen LogP contribution in [0.5, 0.6) is 5.75 Å². The fraction of sp³-hybridized carbons (Fsp3) is 0.0303. The maximum absolute atomic E-state index is 9.42. The Morgan fingerprint density at radius 1 is 0.514 bits per heavy atom. The van der Waals surface area contributed by atoms with Gasteiger partial charge in [0.15, 0.2) is 0 Å². The highest BCUT2D eigenvalue weighted by Crippen LogP contribution is 2.43. The van der Waals surface area contributed by atoms with Gasteiger partial charge >= 0.3 is 7.12 Å². The predicted octanol–water partition coefficient (Wildman–Crippen LogP) is 6.59. The Morgan fingerprint density at radius 2 is 1.03 bits per heavy atom. The molecule has 2 N–H and O–H groups in total. The number of benzene rings is 6. The van der Waals surface area contributed by atoms with Crippen LogP contribution in [-0.4, -0.2) is 17.2 Å². The third kappa shape index (κ3) is 4.49. The third-order valence-corrected chi connectivity index (χ3v) is 6.79. The Hall–Kier alpha value is -4.38. The first-order chi connectivity index (χ1) is 18.2. The van der Waals surface area contributed by atoms with Crippen molar-refractivity contribution in [3.05, 3.63) is 133 Å². The van der Waals surface area contributed by atoms with Gasteiger partial charge in [-0.3, -0.25) is 0 Å². The summed E-state index contributed by atoms with van der Waals surface area (Å²) < 4.78 is 6.01. The summed E-state index contributed by atoms with van der Waals surface area (Å²) >= 11 is 0. The fourth-order valence-corrected chi connectivity index (χ4v) is 5.08. The van der Waals surface area contributed by atoms with E-state index in [2.05, 4.69) is 91.0 Å². The van der Waals surface area contributed by atoms with Crippen LogP contribution in [0.4, 0.5) is 0 Å². The summed E-state index contributed by atoms with van der Waals surface area (Å²) in [5.41, 5.74) is 6.14. The van der Waals surface area contributed by atoms with E-state index in [1.54, 1.807) is 18.2 Å². The number of rotatable bonds is 6. The van der Waals surface area contributed by atoms with Gasteiger partial charge in [0.1, 0.15) is 12.4 Å². The number of hydrogen-bond acceptors (Lipinski definition) is 3. The van der Waals surface area contributed by atoms with Crippen LogP contribution >= 0.6 is 0 Å². The SMILES string of the molecule is OB(O)c1cccc(COc2ccc(-c3c4ccccc4c(-c4ccccc4)c4ccccc34)cc2)c1. The minimum Gasteiger partial charge on any atom is -0.489 e. The molecule has 0 bridgehead atoms. The quantitative estimate of drug-likeness (QED) is 0.209. The van der Waals surface area contributed by atoms with Crippen LogP contribution in [0.1, 0.15) is 5.56 Å². The van der Waals surface area contributed by atoms with Crippen LogP contribution in [0, 0.1) is 0 Å². The van der Waals surface area contributed by atoms with Crippen molar-refractivity contribution in [3.8, 4) is 28.0 Å². The normalized spacial score (nSPS) is 11.1. The molecule has 0 aliphatic heterocycles. The molecule has 0 aliphatic rings. The summed E-state index contributed by atoms with van der Waals surface area (Å²) in [4.78, 5) is 0. The molecule has 0 fully saturated rings. The summed E-state index contributed by atoms with van der Waals surface area (Å²) in [7, 11) is -1.49. The van der Waals surface area contributed by atoms with Crippen LogP contribution in [0.15, 0.2) is 127 Å². The molecular formula is C33H25BO3. The zero-order valence-electron chi connectivity index (χ0n) is 20.2. The zero-order chi connectivity index (χ0) is 25.2. The van der Waals surface area contributed by atoms with Crippen molar-refractivity contribution in [1.82, 2.24) is 0 Å². The molecule has 178 valence electrons. The van der Waals surface area contributed by atoms with Gasteiger partial charge in [-0.2, -0.15) is 0 Å². The smallest absolute Gasteiger partial charge is 0.488 e. The molecule has 0 atom stereocenters.